The van der Waals surface area contributed by atoms with Crippen molar-refractivity contribution in [1.82, 2.24) is 10.0 Å². The van der Waals surface area contributed by atoms with Gasteiger partial charge in [0.1, 0.15) is 19.0 Å². The number of carbonyl (C=O) groups excluding carboxylic acids is 1. The minimum absolute atomic E-state index is 0.0391. The number of nitrogens with one attached hydrogen (secondary N) is 2. The number of ether oxygens (including phenoxy) is 3. The maximum Gasteiger partial charge on any atom is 0.240 e. The Morgan fingerprint density at radius 2 is 1.81 bits per heavy atom. The van der Waals surface area contributed by atoms with Crippen LogP contribution in [0.25, 0.3) is 0 Å². The fraction of sp³-hybridized carbons (Fsp3) is 0.409. The molecule has 0 spiro atoms. The number of hydrogen-bond donors (Lipinski definition) is 2. The molecule has 0 bridgehead atoms. The second-order valence-electron chi connectivity index (χ2n) is 7.10. The van der Waals surface area contributed by atoms with E-state index in [2.05, 4.69) is 10.0 Å². The van der Waals surface area contributed by atoms with Gasteiger partial charge < -0.3 is 19.5 Å². The number of rotatable bonds is 11. The van der Waals surface area contributed by atoms with Gasteiger partial charge in [0.2, 0.25) is 15.9 Å². The van der Waals surface area contributed by atoms with Crippen LogP contribution in [0.5, 0.6) is 17.2 Å². The van der Waals surface area contributed by atoms with E-state index in [1.54, 1.807) is 13.2 Å². The van der Waals surface area contributed by atoms with Crippen LogP contribution >= 0.6 is 0 Å². The summed E-state index contributed by atoms with van der Waals surface area (Å²) in [4.78, 5) is 12.2. The van der Waals surface area contributed by atoms with Crippen LogP contribution in [-0.2, 0) is 21.4 Å². The Morgan fingerprint density at radius 3 is 2.61 bits per heavy atom. The number of amides is 1. The zero-order valence-electron chi connectivity index (χ0n) is 17.6. The van der Waals surface area contributed by atoms with E-state index in [1.807, 2.05) is 24.3 Å². The van der Waals surface area contributed by atoms with Gasteiger partial charge in [-0.3, -0.25) is 4.79 Å². The van der Waals surface area contributed by atoms with Crippen molar-refractivity contribution >= 4 is 15.9 Å². The summed E-state index contributed by atoms with van der Waals surface area (Å²) in [5, 5.41) is 2.88. The first kappa shape index (κ1) is 22.9. The molecule has 0 aliphatic carbocycles. The van der Waals surface area contributed by atoms with Gasteiger partial charge in [-0.15, -0.1) is 0 Å². The Labute approximate surface area is 182 Å². The molecule has 9 heteroatoms. The SMILES string of the molecule is COc1ccccc1CNC(=O)CCCCCNS(=O)(=O)c1ccc2c(c1)OCCO2. The minimum atomic E-state index is -3.62. The number of methoxy groups -OCH3 is 1. The lowest BCUT2D eigenvalue weighted by molar-refractivity contribution is -0.121. The summed E-state index contributed by atoms with van der Waals surface area (Å²) >= 11 is 0. The molecule has 1 aliphatic rings. The van der Waals surface area contributed by atoms with Gasteiger partial charge in [0.25, 0.3) is 0 Å². The fourth-order valence-electron chi connectivity index (χ4n) is 3.20. The van der Waals surface area contributed by atoms with Crippen LogP contribution in [0.2, 0.25) is 0 Å². The fourth-order valence-corrected chi connectivity index (χ4v) is 4.29. The Morgan fingerprint density at radius 1 is 1.03 bits per heavy atom. The molecular formula is C22H28N2O6S. The molecule has 2 aromatic rings. The largest absolute Gasteiger partial charge is 0.496 e. The monoisotopic (exact) mass is 448 g/mol. The molecule has 0 atom stereocenters. The van der Waals surface area contributed by atoms with Gasteiger partial charge in [-0.2, -0.15) is 0 Å². The number of sulfonamides is 1. The molecule has 1 heterocycles. The van der Waals surface area contributed by atoms with Crippen LogP contribution in [0.3, 0.4) is 0 Å². The molecular weight excluding hydrogens is 420 g/mol. The van der Waals surface area contributed by atoms with Gasteiger partial charge in [0.15, 0.2) is 11.5 Å². The predicted octanol–water partition coefficient (Wildman–Crippen LogP) is 2.62. The number of para-hydroxylation sites is 1. The Balaban J connectivity index is 1.34. The van der Waals surface area contributed by atoms with Crippen molar-refractivity contribution < 1.29 is 27.4 Å². The van der Waals surface area contributed by atoms with Crippen molar-refractivity contribution in [2.45, 2.75) is 37.1 Å². The van der Waals surface area contributed by atoms with Crippen LogP contribution in [-0.4, -0.2) is 41.2 Å². The standard InChI is InChI=1S/C22H28N2O6S/c1-28-19-8-5-4-7-17(19)16-23-22(25)9-3-2-6-12-24-31(26,27)18-10-11-20-21(15-18)30-14-13-29-20/h4-5,7-8,10-11,15,24H,2-3,6,9,12-14,16H2,1H3,(H,23,25). The van der Waals surface area contributed by atoms with E-state index in [-0.39, 0.29) is 10.8 Å². The van der Waals surface area contributed by atoms with Crippen LogP contribution in [0, 0.1) is 0 Å². The first-order valence-corrected chi connectivity index (χ1v) is 11.8. The first-order chi connectivity index (χ1) is 15.0. The Kier molecular flexibility index (Phi) is 8.13. The summed E-state index contributed by atoms with van der Waals surface area (Å²) in [7, 11) is -2.02. The quantitative estimate of drug-likeness (QED) is 0.512. The molecule has 0 radical (unpaired) electrons. The van der Waals surface area contributed by atoms with Gasteiger partial charge in [-0.1, -0.05) is 24.6 Å². The molecule has 0 unspecified atom stereocenters. The van der Waals surface area contributed by atoms with Crippen LogP contribution < -0.4 is 24.2 Å². The van der Waals surface area contributed by atoms with Crippen molar-refractivity contribution in [3.63, 3.8) is 0 Å². The first-order valence-electron chi connectivity index (χ1n) is 10.3. The summed E-state index contributed by atoms with van der Waals surface area (Å²) in [5.74, 6) is 1.69. The van der Waals surface area contributed by atoms with E-state index in [4.69, 9.17) is 14.2 Å². The number of unbranched alkanes of at least 4 members (excludes halogenated alkanes) is 2. The molecule has 31 heavy (non-hydrogen) atoms. The van der Waals surface area contributed by atoms with Crippen molar-refractivity contribution in [3.05, 3.63) is 48.0 Å². The van der Waals surface area contributed by atoms with Gasteiger partial charge >= 0.3 is 0 Å². The van der Waals surface area contributed by atoms with E-state index >= 15 is 0 Å². The molecule has 3 rings (SSSR count). The van der Waals surface area contributed by atoms with Crippen molar-refractivity contribution in [3.8, 4) is 17.2 Å². The molecule has 2 aromatic carbocycles. The minimum Gasteiger partial charge on any atom is -0.496 e. The van der Waals surface area contributed by atoms with Crippen LogP contribution in [0.1, 0.15) is 31.2 Å². The number of fused-ring (bicyclic) bond motifs is 1. The van der Waals surface area contributed by atoms with Crippen molar-refractivity contribution in [1.29, 1.82) is 0 Å². The third kappa shape index (κ3) is 6.60. The third-order valence-electron chi connectivity index (χ3n) is 4.87. The highest BCUT2D eigenvalue weighted by molar-refractivity contribution is 7.89. The number of carbonyl (C=O) groups is 1. The van der Waals surface area contributed by atoms with E-state index in [0.29, 0.717) is 57.1 Å². The average molecular weight is 449 g/mol. The maximum absolute atomic E-state index is 12.4. The summed E-state index contributed by atoms with van der Waals surface area (Å²) in [6.07, 6.45) is 2.46. The van der Waals surface area contributed by atoms with E-state index in [0.717, 1.165) is 17.7 Å². The maximum atomic E-state index is 12.4. The molecule has 0 saturated heterocycles. The lowest BCUT2D eigenvalue weighted by Gasteiger charge is -2.18. The summed E-state index contributed by atoms with van der Waals surface area (Å²) in [6.45, 7) is 1.57. The molecule has 0 saturated carbocycles. The average Bonchev–Trinajstić information content (AvgIpc) is 2.79. The normalized spacial score (nSPS) is 12.9. The lowest BCUT2D eigenvalue weighted by atomic mass is 10.1. The zero-order valence-corrected chi connectivity index (χ0v) is 18.4. The number of benzene rings is 2. The van der Waals surface area contributed by atoms with Gasteiger partial charge in [-0.05, 0) is 31.0 Å². The summed E-state index contributed by atoms with van der Waals surface area (Å²) < 4.78 is 43.6. The number of hydrogen-bond acceptors (Lipinski definition) is 6. The predicted molar refractivity (Wildman–Crippen MR) is 116 cm³/mol. The molecule has 168 valence electrons. The second-order valence-corrected chi connectivity index (χ2v) is 8.87. The van der Waals surface area contributed by atoms with Gasteiger partial charge in [0, 0.05) is 31.1 Å². The molecule has 2 N–H and O–H groups in total. The molecule has 0 fully saturated rings. The smallest absolute Gasteiger partial charge is 0.240 e. The second kappa shape index (κ2) is 11.0. The van der Waals surface area contributed by atoms with Crippen molar-refractivity contribution in [2.24, 2.45) is 0 Å². The molecule has 8 nitrogen and oxygen atoms in total. The zero-order chi connectivity index (χ0) is 22.1. The highest BCUT2D eigenvalue weighted by atomic mass is 32.2. The van der Waals surface area contributed by atoms with E-state index in [1.165, 1.54) is 12.1 Å². The Hall–Kier alpha value is -2.78. The topological polar surface area (TPSA) is 103 Å². The summed E-state index contributed by atoms with van der Waals surface area (Å²) in [5.41, 5.74) is 0.923. The highest BCUT2D eigenvalue weighted by Gasteiger charge is 2.18. The van der Waals surface area contributed by atoms with E-state index in [9.17, 15) is 13.2 Å². The highest BCUT2D eigenvalue weighted by Crippen LogP contribution is 2.32. The van der Waals surface area contributed by atoms with Gasteiger partial charge in [-0.25, -0.2) is 13.1 Å². The molecule has 1 aliphatic heterocycles. The molecule has 0 aromatic heterocycles. The molecule has 1 amide bonds. The summed E-state index contributed by atoms with van der Waals surface area (Å²) in [6, 6.07) is 12.1. The van der Waals surface area contributed by atoms with Crippen LogP contribution in [0.15, 0.2) is 47.4 Å². The lowest BCUT2D eigenvalue weighted by Crippen LogP contribution is -2.25. The van der Waals surface area contributed by atoms with E-state index < -0.39 is 10.0 Å². The van der Waals surface area contributed by atoms with Crippen LogP contribution in [0.4, 0.5) is 0 Å². The Bertz CT molecular complexity index is 993. The van der Waals surface area contributed by atoms with Gasteiger partial charge in [0.05, 0.1) is 12.0 Å². The van der Waals surface area contributed by atoms with Crippen molar-refractivity contribution in [2.75, 3.05) is 26.9 Å². The third-order valence-corrected chi connectivity index (χ3v) is 6.32.